The molecule has 0 saturated carbocycles. The molecule has 0 aromatic heterocycles. The lowest BCUT2D eigenvalue weighted by molar-refractivity contribution is 0.413. The van der Waals surface area contributed by atoms with Crippen LogP contribution < -0.4 is 0 Å². The minimum atomic E-state index is -3.48. The number of alkyl halides is 1. The molecule has 18 heavy (non-hydrogen) atoms. The minimum Gasteiger partial charge on any atom is -0.207 e. The lowest BCUT2D eigenvalue weighted by Gasteiger charge is -2.22. The van der Waals surface area contributed by atoms with E-state index in [0.29, 0.717) is 16.9 Å². The Kier molecular flexibility index (Phi) is 4.60. The molecule has 2 rings (SSSR count). The summed E-state index contributed by atoms with van der Waals surface area (Å²) in [5, 5.41) is 1.26. The van der Waals surface area contributed by atoms with Crippen LogP contribution in [0.4, 0.5) is 0 Å². The van der Waals surface area contributed by atoms with E-state index in [1.807, 2.05) is 0 Å². The number of nitrogens with zero attached hydrogens (tertiary/aromatic N) is 1. The van der Waals surface area contributed by atoms with Gasteiger partial charge >= 0.3 is 0 Å². The minimum absolute atomic E-state index is 0.0180. The van der Waals surface area contributed by atoms with Gasteiger partial charge in [0.1, 0.15) is 0 Å². The number of benzene rings is 1. The van der Waals surface area contributed by atoms with Crippen LogP contribution in [0.25, 0.3) is 0 Å². The molecule has 1 saturated heterocycles. The van der Waals surface area contributed by atoms with Crippen molar-refractivity contribution in [1.82, 2.24) is 4.31 Å². The highest BCUT2D eigenvalue weighted by Gasteiger charge is 2.34. The highest BCUT2D eigenvalue weighted by molar-refractivity contribution is 9.09. The van der Waals surface area contributed by atoms with Gasteiger partial charge in [-0.2, -0.15) is 4.31 Å². The normalized spacial score (nSPS) is 21.4. The van der Waals surface area contributed by atoms with Crippen LogP contribution in [-0.4, -0.2) is 30.6 Å². The fourth-order valence-corrected chi connectivity index (χ4v) is 5.00. The monoisotopic (exact) mass is 371 g/mol. The van der Waals surface area contributed by atoms with E-state index < -0.39 is 10.0 Å². The second-order valence-corrected chi connectivity index (χ2v) is 7.49. The van der Waals surface area contributed by atoms with Crippen LogP contribution in [0.15, 0.2) is 23.1 Å². The molecule has 0 spiro atoms. The van der Waals surface area contributed by atoms with Crippen LogP contribution in [0.3, 0.4) is 0 Å². The molecular weight excluding hydrogens is 361 g/mol. The van der Waals surface area contributed by atoms with E-state index >= 15 is 0 Å². The molecule has 3 nitrogen and oxygen atoms in total. The Morgan fingerprint density at radius 1 is 1.33 bits per heavy atom. The van der Waals surface area contributed by atoms with Gasteiger partial charge < -0.3 is 0 Å². The SMILES string of the molecule is O=S(=O)(c1ccc(Cl)c(Cl)c1)N1CCCC1CBr. The summed E-state index contributed by atoms with van der Waals surface area (Å²) in [6.07, 6.45) is 1.77. The molecule has 1 aromatic carbocycles. The molecule has 0 bridgehead atoms. The maximum Gasteiger partial charge on any atom is 0.243 e. The Hall–Kier alpha value is 0.190. The van der Waals surface area contributed by atoms with Crippen LogP contribution in [0.1, 0.15) is 12.8 Å². The zero-order chi connectivity index (χ0) is 13.3. The van der Waals surface area contributed by atoms with Crippen molar-refractivity contribution in [3.8, 4) is 0 Å². The zero-order valence-electron chi connectivity index (χ0n) is 9.44. The van der Waals surface area contributed by atoms with Crippen LogP contribution >= 0.6 is 39.1 Å². The third kappa shape index (κ3) is 2.70. The van der Waals surface area contributed by atoms with Crippen LogP contribution in [0.5, 0.6) is 0 Å². The Balaban J connectivity index is 2.38. The molecule has 7 heteroatoms. The summed E-state index contributed by atoms with van der Waals surface area (Å²) in [5.41, 5.74) is 0. The van der Waals surface area contributed by atoms with E-state index in [4.69, 9.17) is 23.2 Å². The van der Waals surface area contributed by atoms with E-state index in [1.165, 1.54) is 22.5 Å². The maximum absolute atomic E-state index is 12.5. The predicted molar refractivity (Wildman–Crippen MR) is 77.2 cm³/mol. The first-order valence-electron chi connectivity index (χ1n) is 5.49. The van der Waals surface area contributed by atoms with Gasteiger partial charge in [0.05, 0.1) is 14.9 Å². The Morgan fingerprint density at radius 3 is 2.67 bits per heavy atom. The molecule has 1 atom stereocenters. The van der Waals surface area contributed by atoms with Crippen molar-refractivity contribution in [2.24, 2.45) is 0 Å². The summed E-state index contributed by atoms with van der Waals surface area (Å²) in [7, 11) is -3.48. The average Bonchev–Trinajstić information content (AvgIpc) is 2.81. The predicted octanol–water partition coefficient (Wildman–Crippen LogP) is 3.54. The summed E-state index contributed by atoms with van der Waals surface area (Å²) in [6, 6.07) is 4.43. The van der Waals surface area contributed by atoms with Crippen molar-refractivity contribution < 1.29 is 8.42 Å². The average molecular weight is 373 g/mol. The fourth-order valence-electron chi connectivity index (χ4n) is 2.05. The Bertz CT molecular complexity index is 550. The molecule has 0 N–H and O–H groups in total. The van der Waals surface area contributed by atoms with Crippen molar-refractivity contribution in [3.63, 3.8) is 0 Å². The van der Waals surface area contributed by atoms with Crippen LogP contribution in [0.2, 0.25) is 10.0 Å². The molecule has 0 aliphatic carbocycles. The van der Waals surface area contributed by atoms with E-state index in [1.54, 1.807) is 0 Å². The second kappa shape index (κ2) is 5.67. The summed E-state index contributed by atoms with van der Waals surface area (Å²) in [4.78, 5) is 0.199. The van der Waals surface area contributed by atoms with Gasteiger partial charge in [-0.1, -0.05) is 39.1 Å². The largest absolute Gasteiger partial charge is 0.243 e. The number of hydrogen-bond donors (Lipinski definition) is 0. The number of halogens is 3. The quantitative estimate of drug-likeness (QED) is 0.761. The van der Waals surface area contributed by atoms with E-state index in [2.05, 4.69) is 15.9 Å². The van der Waals surface area contributed by atoms with Crippen molar-refractivity contribution in [1.29, 1.82) is 0 Å². The highest BCUT2D eigenvalue weighted by atomic mass is 79.9. The van der Waals surface area contributed by atoms with Gasteiger partial charge in [-0.3, -0.25) is 0 Å². The van der Waals surface area contributed by atoms with Crippen molar-refractivity contribution in [3.05, 3.63) is 28.2 Å². The Labute approximate surface area is 125 Å². The highest BCUT2D eigenvalue weighted by Crippen LogP contribution is 2.30. The van der Waals surface area contributed by atoms with Gasteiger partial charge in [0.25, 0.3) is 0 Å². The summed E-state index contributed by atoms with van der Waals surface area (Å²) in [6.45, 7) is 0.554. The molecule has 1 aliphatic heterocycles. The van der Waals surface area contributed by atoms with Gasteiger partial charge in [0, 0.05) is 17.9 Å². The summed E-state index contributed by atoms with van der Waals surface area (Å²) < 4.78 is 26.5. The molecule has 1 aromatic rings. The molecule has 0 amide bonds. The van der Waals surface area contributed by atoms with E-state index in [9.17, 15) is 8.42 Å². The number of sulfonamides is 1. The molecule has 0 radical (unpaired) electrons. The molecular formula is C11H12BrCl2NO2S. The maximum atomic E-state index is 12.5. The van der Waals surface area contributed by atoms with Crippen molar-refractivity contribution in [2.75, 3.05) is 11.9 Å². The van der Waals surface area contributed by atoms with Crippen molar-refractivity contribution >= 4 is 49.2 Å². The molecule has 1 fully saturated rings. The van der Waals surface area contributed by atoms with Gasteiger partial charge in [-0.05, 0) is 31.0 Å². The first-order chi connectivity index (χ1) is 8.46. The molecule has 100 valence electrons. The third-order valence-electron chi connectivity index (χ3n) is 3.00. The zero-order valence-corrected chi connectivity index (χ0v) is 13.4. The van der Waals surface area contributed by atoms with Crippen LogP contribution in [-0.2, 0) is 10.0 Å². The van der Waals surface area contributed by atoms with Gasteiger partial charge in [-0.15, -0.1) is 0 Å². The van der Waals surface area contributed by atoms with E-state index in [0.717, 1.165) is 12.8 Å². The Morgan fingerprint density at radius 2 is 2.06 bits per heavy atom. The van der Waals surface area contributed by atoms with Crippen molar-refractivity contribution in [2.45, 2.75) is 23.8 Å². The summed E-state index contributed by atoms with van der Waals surface area (Å²) in [5.74, 6) is 0. The molecule has 1 unspecified atom stereocenters. The topological polar surface area (TPSA) is 37.4 Å². The van der Waals surface area contributed by atoms with E-state index in [-0.39, 0.29) is 16.0 Å². The molecule has 1 heterocycles. The smallest absolute Gasteiger partial charge is 0.207 e. The third-order valence-corrected chi connectivity index (χ3v) is 6.43. The molecule has 1 aliphatic rings. The van der Waals surface area contributed by atoms with Gasteiger partial charge in [0.15, 0.2) is 0 Å². The van der Waals surface area contributed by atoms with Gasteiger partial charge in [0.2, 0.25) is 10.0 Å². The second-order valence-electron chi connectivity index (χ2n) is 4.14. The van der Waals surface area contributed by atoms with Crippen LogP contribution in [0, 0.1) is 0 Å². The summed E-state index contributed by atoms with van der Waals surface area (Å²) >= 11 is 15.0. The first kappa shape index (κ1) is 14.6. The van der Waals surface area contributed by atoms with Gasteiger partial charge in [-0.25, -0.2) is 8.42 Å². The number of hydrogen-bond acceptors (Lipinski definition) is 2. The standard InChI is InChI=1S/C11H12BrCl2NO2S/c12-7-8-2-1-5-15(8)18(16,17)9-3-4-10(13)11(14)6-9/h3-4,6,8H,1-2,5,7H2. The first-order valence-corrected chi connectivity index (χ1v) is 8.81. The number of rotatable bonds is 3. The fraction of sp³-hybridized carbons (Fsp3) is 0.455. The lowest BCUT2D eigenvalue weighted by Crippen LogP contribution is -2.36. The lowest BCUT2D eigenvalue weighted by atomic mass is 10.3.